The average molecular weight is 419 g/mol. The van der Waals surface area contributed by atoms with E-state index < -0.39 is 17.4 Å². The van der Waals surface area contributed by atoms with Gasteiger partial charge in [0.2, 0.25) is 0 Å². The summed E-state index contributed by atoms with van der Waals surface area (Å²) in [7, 11) is 0. The van der Waals surface area contributed by atoms with E-state index in [2.05, 4.69) is 0 Å². The van der Waals surface area contributed by atoms with E-state index in [1.165, 1.54) is 18.2 Å². The van der Waals surface area contributed by atoms with Crippen LogP contribution in [-0.4, -0.2) is 33.0 Å². The monoisotopic (exact) mass is 419 g/mol. The highest BCUT2D eigenvalue weighted by Crippen LogP contribution is 2.52. The van der Waals surface area contributed by atoms with Gasteiger partial charge in [0.15, 0.2) is 5.78 Å². The molecule has 2 aromatic rings. The fraction of sp³-hybridized carbons (Fsp3) is 0.208. The van der Waals surface area contributed by atoms with Gasteiger partial charge in [0.1, 0.15) is 5.76 Å². The highest BCUT2D eigenvalue weighted by atomic mass is 16.4. The molecule has 0 unspecified atom stereocenters. The second-order valence-corrected chi connectivity index (χ2v) is 8.28. The van der Waals surface area contributed by atoms with Crippen molar-refractivity contribution < 1.29 is 29.7 Å². The minimum Gasteiger partial charge on any atom is -0.507 e. The molecular formula is C24H21NO6. The molecule has 4 rings (SSSR count). The second kappa shape index (κ2) is 6.84. The predicted octanol–water partition coefficient (Wildman–Crippen LogP) is 4.05. The number of carboxylic acid groups (broad SMARTS) is 2. The van der Waals surface area contributed by atoms with Crippen LogP contribution in [0.25, 0.3) is 0 Å². The zero-order chi connectivity index (χ0) is 22.7. The third-order valence-electron chi connectivity index (χ3n) is 6.01. The molecule has 2 aliphatic rings. The van der Waals surface area contributed by atoms with Crippen molar-refractivity contribution >= 4 is 23.4 Å². The summed E-state index contributed by atoms with van der Waals surface area (Å²) in [6.07, 6.45) is 0. The van der Waals surface area contributed by atoms with Crippen LogP contribution in [0.15, 0.2) is 65.1 Å². The smallest absolute Gasteiger partial charge is 0.335 e. The molecule has 0 radical (unpaired) electrons. The maximum atomic E-state index is 12.6. The number of Topliss-reactive ketones (excluding diaryl/α,β-unsaturated/α-hetero) is 1. The van der Waals surface area contributed by atoms with Crippen LogP contribution in [0.1, 0.15) is 52.6 Å². The lowest BCUT2D eigenvalue weighted by molar-refractivity contribution is -0.114. The van der Waals surface area contributed by atoms with Gasteiger partial charge in [-0.25, -0.2) is 9.59 Å². The van der Waals surface area contributed by atoms with Crippen molar-refractivity contribution in [1.82, 2.24) is 0 Å². The van der Waals surface area contributed by atoms with Crippen LogP contribution in [0.5, 0.6) is 0 Å². The SMILES string of the molecule is CC1=C(O)/C(=C2\N(Cc3ccc(C(=O)O)cc3)c3ccc(C(=O)O)cc3C2(C)C)C1=O. The summed E-state index contributed by atoms with van der Waals surface area (Å²) in [5.41, 5.74) is 2.99. The molecule has 0 aromatic heterocycles. The summed E-state index contributed by atoms with van der Waals surface area (Å²) in [6, 6.07) is 11.2. The first-order valence-corrected chi connectivity index (χ1v) is 9.71. The third-order valence-corrected chi connectivity index (χ3v) is 6.01. The first-order chi connectivity index (χ1) is 14.5. The molecule has 158 valence electrons. The van der Waals surface area contributed by atoms with Gasteiger partial charge in [-0.05, 0) is 48.4 Å². The average Bonchev–Trinajstić information content (AvgIpc) is 2.95. The molecule has 1 aliphatic heterocycles. The summed E-state index contributed by atoms with van der Waals surface area (Å²) in [5.74, 6) is -2.36. The number of hydrogen-bond acceptors (Lipinski definition) is 5. The minimum absolute atomic E-state index is 0.0504. The van der Waals surface area contributed by atoms with E-state index >= 15 is 0 Å². The second-order valence-electron chi connectivity index (χ2n) is 8.28. The minimum atomic E-state index is -1.05. The zero-order valence-electron chi connectivity index (χ0n) is 17.3. The van der Waals surface area contributed by atoms with E-state index in [-0.39, 0.29) is 28.2 Å². The van der Waals surface area contributed by atoms with Gasteiger partial charge in [-0.2, -0.15) is 0 Å². The number of carbonyl (C=O) groups is 3. The molecule has 7 heteroatoms. The molecule has 31 heavy (non-hydrogen) atoms. The van der Waals surface area contributed by atoms with Crippen LogP contribution >= 0.6 is 0 Å². The Morgan fingerprint density at radius 2 is 1.55 bits per heavy atom. The van der Waals surface area contributed by atoms with Crippen molar-refractivity contribution in [3.8, 4) is 0 Å². The summed E-state index contributed by atoms with van der Waals surface area (Å²) in [4.78, 5) is 37.2. The molecule has 0 atom stereocenters. The molecule has 1 heterocycles. The van der Waals surface area contributed by atoms with Crippen LogP contribution < -0.4 is 4.90 Å². The number of fused-ring (bicyclic) bond motifs is 1. The van der Waals surface area contributed by atoms with Gasteiger partial charge in [-0.15, -0.1) is 0 Å². The first kappa shape index (κ1) is 20.4. The van der Waals surface area contributed by atoms with Gasteiger partial charge in [0.05, 0.1) is 16.7 Å². The lowest BCUT2D eigenvalue weighted by Crippen LogP contribution is -2.34. The number of benzene rings is 2. The number of nitrogens with zero attached hydrogens (tertiary/aromatic N) is 1. The van der Waals surface area contributed by atoms with Crippen LogP contribution in [0.2, 0.25) is 0 Å². The Morgan fingerprint density at radius 1 is 0.968 bits per heavy atom. The van der Waals surface area contributed by atoms with Crippen LogP contribution in [-0.2, 0) is 16.8 Å². The van der Waals surface area contributed by atoms with E-state index in [0.717, 1.165) is 16.8 Å². The quantitative estimate of drug-likeness (QED) is 0.641. The zero-order valence-corrected chi connectivity index (χ0v) is 17.3. The van der Waals surface area contributed by atoms with Gasteiger partial charge in [0, 0.05) is 28.9 Å². The molecule has 0 amide bonds. The van der Waals surface area contributed by atoms with Crippen molar-refractivity contribution in [2.75, 3.05) is 4.90 Å². The first-order valence-electron chi connectivity index (χ1n) is 9.71. The number of carboxylic acids is 2. The fourth-order valence-corrected chi connectivity index (χ4v) is 4.28. The lowest BCUT2D eigenvalue weighted by Gasteiger charge is -2.33. The van der Waals surface area contributed by atoms with Crippen LogP contribution in [0.3, 0.4) is 0 Å². The van der Waals surface area contributed by atoms with Crippen molar-refractivity contribution in [2.45, 2.75) is 32.7 Å². The van der Waals surface area contributed by atoms with Crippen molar-refractivity contribution in [3.05, 3.63) is 87.3 Å². The summed E-state index contributed by atoms with van der Waals surface area (Å²) >= 11 is 0. The number of aliphatic hydroxyl groups excluding tert-OH is 1. The van der Waals surface area contributed by atoms with E-state index in [0.29, 0.717) is 17.8 Å². The largest absolute Gasteiger partial charge is 0.507 e. The Kier molecular flexibility index (Phi) is 4.50. The Labute approximate surface area is 178 Å². The molecule has 0 fully saturated rings. The van der Waals surface area contributed by atoms with E-state index in [9.17, 15) is 24.6 Å². The molecular weight excluding hydrogens is 398 g/mol. The Balaban J connectivity index is 1.88. The fourth-order valence-electron chi connectivity index (χ4n) is 4.28. The van der Waals surface area contributed by atoms with Crippen LogP contribution in [0.4, 0.5) is 5.69 Å². The number of rotatable bonds is 4. The molecule has 0 saturated heterocycles. The van der Waals surface area contributed by atoms with Crippen LogP contribution in [0, 0.1) is 0 Å². The highest BCUT2D eigenvalue weighted by Gasteiger charge is 2.47. The number of allylic oxidation sites excluding steroid dienone is 3. The maximum Gasteiger partial charge on any atom is 0.335 e. The van der Waals surface area contributed by atoms with Gasteiger partial charge in [0.25, 0.3) is 0 Å². The lowest BCUT2D eigenvalue weighted by atomic mass is 9.76. The topological polar surface area (TPSA) is 115 Å². The van der Waals surface area contributed by atoms with E-state index in [1.807, 2.05) is 18.7 Å². The Hall–Kier alpha value is -3.87. The number of anilines is 1. The Bertz CT molecular complexity index is 1220. The predicted molar refractivity (Wildman–Crippen MR) is 113 cm³/mol. The van der Waals surface area contributed by atoms with Gasteiger partial charge >= 0.3 is 11.9 Å². The number of ketones is 1. The third kappa shape index (κ3) is 3.01. The molecule has 3 N–H and O–H groups in total. The number of aliphatic hydroxyl groups is 1. The van der Waals surface area contributed by atoms with E-state index in [4.69, 9.17) is 5.11 Å². The standard InChI is InChI=1S/C24H21NO6/c1-12-19(26)18(20(12)27)21-24(2,3)16-10-15(23(30)31)8-9-17(16)25(21)11-13-4-6-14(7-5-13)22(28)29/h4-10,26H,11H2,1-3H3,(H,28,29)(H,30,31)/b21-18+. The number of aromatic carboxylic acids is 2. The normalized spacial score (nSPS) is 19.3. The van der Waals surface area contributed by atoms with Crippen molar-refractivity contribution in [2.24, 2.45) is 0 Å². The molecule has 0 bridgehead atoms. The summed E-state index contributed by atoms with van der Waals surface area (Å²) in [6.45, 7) is 5.67. The van der Waals surface area contributed by atoms with Gasteiger partial charge < -0.3 is 20.2 Å². The molecule has 7 nitrogen and oxygen atoms in total. The molecule has 0 spiro atoms. The maximum absolute atomic E-state index is 12.6. The van der Waals surface area contributed by atoms with Gasteiger partial charge in [-0.3, -0.25) is 4.79 Å². The summed E-state index contributed by atoms with van der Waals surface area (Å²) < 4.78 is 0. The molecule has 0 saturated carbocycles. The van der Waals surface area contributed by atoms with E-state index in [1.54, 1.807) is 31.2 Å². The number of hydrogen-bond donors (Lipinski definition) is 3. The summed E-state index contributed by atoms with van der Waals surface area (Å²) in [5, 5.41) is 29.0. The van der Waals surface area contributed by atoms with Gasteiger partial charge in [-0.1, -0.05) is 26.0 Å². The van der Waals surface area contributed by atoms with Crippen molar-refractivity contribution in [1.29, 1.82) is 0 Å². The molecule has 2 aromatic carbocycles. The number of carbonyl (C=O) groups excluding carboxylic acids is 1. The Morgan fingerprint density at radius 3 is 2.10 bits per heavy atom. The van der Waals surface area contributed by atoms with Crippen molar-refractivity contribution in [3.63, 3.8) is 0 Å². The molecule has 1 aliphatic carbocycles. The highest BCUT2D eigenvalue weighted by molar-refractivity contribution is 6.19.